The predicted molar refractivity (Wildman–Crippen MR) is 77.7 cm³/mol. The van der Waals surface area contributed by atoms with Gasteiger partial charge in [-0.3, -0.25) is 10.1 Å². The zero-order valence-electron chi connectivity index (χ0n) is 11.7. The summed E-state index contributed by atoms with van der Waals surface area (Å²) in [6.45, 7) is 0.988. The van der Waals surface area contributed by atoms with Gasteiger partial charge < -0.3 is 9.32 Å². The van der Waals surface area contributed by atoms with Gasteiger partial charge in [0.2, 0.25) is 0 Å². The smallest absolute Gasteiger partial charge is 0.280 e. The summed E-state index contributed by atoms with van der Waals surface area (Å²) in [4.78, 5) is 12.7. The average Bonchev–Trinajstić information content (AvgIpc) is 2.87. The highest BCUT2D eigenvalue weighted by molar-refractivity contribution is 5.69. The Morgan fingerprint density at radius 3 is 2.65 bits per heavy atom. The number of hydrogen-bond donors (Lipinski definition) is 0. The molecule has 5 heteroatoms. The molecule has 0 aliphatic heterocycles. The van der Waals surface area contributed by atoms with E-state index >= 15 is 0 Å². The Hall–Kier alpha value is -2.14. The van der Waals surface area contributed by atoms with E-state index in [0.29, 0.717) is 11.3 Å². The SMILES string of the molecule is CN(C)CCCc1ccc(-c2ccccc2[N+](=O)[O-])o1. The number of hydrogen-bond acceptors (Lipinski definition) is 4. The van der Waals surface area contributed by atoms with Gasteiger partial charge in [0.15, 0.2) is 0 Å². The van der Waals surface area contributed by atoms with E-state index in [2.05, 4.69) is 4.90 Å². The average molecular weight is 274 g/mol. The van der Waals surface area contributed by atoms with Gasteiger partial charge in [-0.15, -0.1) is 0 Å². The van der Waals surface area contributed by atoms with Gasteiger partial charge in [0.1, 0.15) is 11.5 Å². The fourth-order valence-corrected chi connectivity index (χ4v) is 2.07. The second-order valence-corrected chi connectivity index (χ2v) is 4.95. The molecule has 2 rings (SSSR count). The van der Waals surface area contributed by atoms with Crippen molar-refractivity contribution < 1.29 is 9.34 Å². The molecule has 0 bridgehead atoms. The van der Waals surface area contributed by atoms with Crippen molar-refractivity contribution in [3.8, 4) is 11.3 Å². The lowest BCUT2D eigenvalue weighted by atomic mass is 10.1. The number of furan rings is 1. The largest absolute Gasteiger partial charge is 0.461 e. The van der Waals surface area contributed by atoms with Crippen molar-refractivity contribution in [2.75, 3.05) is 20.6 Å². The number of benzene rings is 1. The van der Waals surface area contributed by atoms with E-state index in [-0.39, 0.29) is 10.6 Å². The van der Waals surface area contributed by atoms with E-state index in [1.807, 2.05) is 20.2 Å². The highest BCUT2D eigenvalue weighted by Crippen LogP contribution is 2.30. The first-order valence-corrected chi connectivity index (χ1v) is 6.55. The van der Waals surface area contributed by atoms with E-state index in [9.17, 15) is 10.1 Å². The minimum atomic E-state index is -0.385. The van der Waals surface area contributed by atoms with Crippen LogP contribution in [0.5, 0.6) is 0 Å². The second-order valence-electron chi connectivity index (χ2n) is 4.95. The molecule has 0 spiro atoms. The molecule has 5 nitrogen and oxygen atoms in total. The van der Waals surface area contributed by atoms with Crippen LogP contribution < -0.4 is 0 Å². The standard InChI is InChI=1S/C15H18N2O3/c1-16(2)11-5-6-12-9-10-15(20-12)13-7-3-4-8-14(13)17(18)19/h3-4,7-10H,5-6,11H2,1-2H3. The second kappa shape index (κ2) is 6.34. The maximum absolute atomic E-state index is 11.0. The first kappa shape index (κ1) is 14.3. The lowest BCUT2D eigenvalue weighted by molar-refractivity contribution is -0.384. The van der Waals surface area contributed by atoms with Gasteiger partial charge in [-0.2, -0.15) is 0 Å². The van der Waals surface area contributed by atoms with Gasteiger partial charge in [-0.1, -0.05) is 12.1 Å². The van der Waals surface area contributed by atoms with Crippen molar-refractivity contribution in [2.24, 2.45) is 0 Å². The van der Waals surface area contributed by atoms with Crippen LogP contribution in [0, 0.1) is 10.1 Å². The molecule has 1 heterocycles. The predicted octanol–water partition coefficient (Wildman–Crippen LogP) is 3.35. The molecule has 1 aromatic heterocycles. The van der Waals surface area contributed by atoms with Crippen molar-refractivity contribution in [3.63, 3.8) is 0 Å². The maximum atomic E-state index is 11.0. The third-order valence-electron chi connectivity index (χ3n) is 3.06. The van der Waals surface area contributed by atoms with Crippen molar-refractivity contribution in [2.45, 2.75) is 12.8 Å². The summed E-state index contributed by atoms with van der Waals surface area (Å²) in [5, 5.41) is 11.0. The Bertz CT molecular complexity index is 590. The Balaban J connectivity index is 2.15. The van der Waals surface area contributed by atoms with Crippen molar-refractivity contribution in [3.05, 3.63) is 52.3 Å². The summed E-state index contributed by atoms with van der Waals surface area (Å²) in [6.07, 6.45) is 1.83. The van der Waals surface area contributed by atoms with Gasteiger partial charge in [-0.05, 0) is 45.3 Å². The molecule has 0 amide bonds. The molecule has 106 valence electrons. The molecule has 20 heavy (non-hydrogen) atoms. The van der Waals surface area contributed by atoms with Gasteiger partial charge in [0.05, 0.1) is 10.5 Å². The summed E-state index contributed by atoms with van der Waals surface area (Å²) in [5.74, 6) is 1.41. The van der Waals surface area contributed by atoms with Crippen LogP contribution >= 0.6 is 0 Å². The number of nitro benzene ring substituents is 1. The monoisotopic (exact) mass is 274 g/mol. The Morgan fingerprint density at radius 1 is 1.20 bits per heavy atom. The normalized spacial score (nSPS) is 10.9. The molecular weight excluding hydrogens is 256 g/mol. The summed E-state index contributed by atoms with van der Waals surface area (Å²) in [5.41, 5.74) is 0.595. The molecule has 0 atom stereocenters. The summed E-state index contributed by atoms with van der Waals surface area (Å²) >= 11 is 0. The molecule has 0 unspecified atom stereocenters. The molecule has 0 N–H and O–H groups in total. The first-order chi connectivity index (χ1) is 9.58. The lowest BCUT2D eigenvalue weighted by Gasteiger charge is -2.07. The topological polar surface area (TPSA) is 59.5 Å². The highest BCUT2D eigenvalue weighted by atomic mass is 16.6. The van der Waals surface area contributed by atoms with E-state index in [1.54, 1.807) is 24.3 Å². The lowest BCUT2D eigenvalue weighted by Crippen LogP contribution is -2.13. The van der Waals surface area contributed by atoms with Gasteiger partial charge in [0.25, 0.3) is 5.69 Å². The maximum Gasteiger partial charge on any atom is 0.280 e. The Morgan fingerprint density at radius 2 is 1.95 bits per heavy atom. The summed E-state index contributed by atoms with van der Waals surface area (Å²) in [7, 11) is 4.06. The Kier molecular flexibility index (Phi) is 4.53. The summed E-state index contributed by atoms with van der Waals surface area (Å²) in [6, 6.07) is 10.3. The van der Waals surface area contributed by atoms with E-state index in [0.717, 1.165) is 25.1 Å². The van der Waals surface area contributed by atoms with Crippen molar-refractivity contribution in [1.29, 1.82) is 0 Å². The van der Waals surface area contributed by atoms with Crippen molar-refractivity contribution >= 4 is 5.69 Å². The molecule has 0 aliphatic carbocycles. The number of nitrogens with zero attached hydrogens (tertiary/aromatic N) is 2. The van der Waals surface area contributed by atoms with Crippen LogP contribution in [0.4, 0.5) is 5.69 Å². The molecule has 0 aliphatic rings. The molecule has 0 saturated carbocycles. The molecule has 0 fully saturated rings. The first-order valence-electron chi connectivity index (χ1n) is 6.55. The third-order valence-corrected chi connectivity index (χ3v) is 3.06. The van der Waals surface area contributed by atoms with Crippen LogP contribution in [0.15, 0.2) is 40.8 Å². The molecule has 1 aromatic carbocycles. The highest BCUT2D eigenvalue weighted by Gasteiger charge is 2.16. The van der Waals surface area contributed by atoms with Crippen LogP contribution in [0.1, 0.15) is 12.2 Å². The molecular formula is C15H18N2O3. The van der Waals surface area contributed by atoms with Crippen LogP contribution in [-0.4, -0.2) is 30.5 Å². The van der Waals surface area contributed by atoms with Crippen LogP contribution in [0.2, 0.25) is 0 Å². The minimum absolute atomic E-state index is 0.0710. The number of rotatable bonds is 6. The molecule has 2 aromatic rings. The van der Waals surface area contributed by atoms with Gasteiger partial charge in [0, 0.05) is 12.5 Å². The van der Waals surface area contributed by atoms with Crippen LogP contribution in [0.25, 0.3) is 11.3 Å². The summed E-state index contributed by atoms with van der Waals surface area (Å²) < 4.78 is 5.72. The van der Waals surface area contributed by atoms with Gasteiger partial charge >= 0.3 is 0 Å². The number of nitro groups is 1. The fraction of sp³-hybridized carbons (Fsp3) is 0.333. The zero-order chi connectivity index (χ0) is 14.5. The third kappa shape index (κ3) is 3.45. The molecule has 0 radical (unpaired) electrons. The minimum Gasteiger partial charge on any atom is -0.461 e. The van der Waals surface area contributed by atoms with Crippen LogP contribution in [-0.2, 0) is 6.42 Å². The van der Waals surface area contributed by atoms with Gasteiger partial charge in [-0.25, -0.2) is 0 Å². The van der Waals surface area contributed by atoms with Crippen molar-refractivity contribution in [1.82, 2.24) is 4.90 Å². The Labute approximate surface area is 118 Å². The van der Waals surface area contributed by atoms with E-state index in [4.69, 9.17) is 4.42 Å². The number of aryl methyl sites for hydroxylation is 1. The fourth-order valence-electron chi connectivity index (χ4n) is 2.07. The number of para-hydroxylation sites is 1. The molecule has 0 saturated heterocycles. The quantitative estimate of drug-likeness (QED) is 0.598. The van der Waals surface area contributed by atoms with E-state index < -0.39 is 0 Å². The van der Waals surface area contributed by atoms with E-state index in [1.165, 1.54) is 6.07 Å². The van der Waals surface area contributed by atoms with Crippen LogP contribution in [0.3, 0.4) is 0 Å². The zero-order valence-corrected chi connectivity index (χ0v) is 11.7.